The van der Waals surface area contributed by atoms with Gasteiger partial charge in [-0.2, -0.15) is 0 Å². The molecule has 0 spiro atoms. The summed E-state index contributed by atoms with van der Waals surface area (Å²) in [6.45, 7) is 6.43. The van der Waals surface area contributed by atoms with Crippen molar-refractivity contribution in [1.82, 2.24) is 5.32 Å². The van der Waals surface area contributed by atoms with Crippen LogP contribution in [0.2, 0.25) is 0 Å². The fourth-order valence-electron chi connectivity index (χ4n) is 2.84. The Morgan fingerprint density at radius 1 is 1.00 bits per heavy atom. The van der Waals surface area contributed by atoms with Crippen molar-refractivity contribution in [3.05, 3.63) is 58.7 Å². The van der Waals surface area contributed by atoms with Gasteiger partial charge in [0.2, 0.25) is 5.91 Å². The normalized spacial score (nSPS) is 12.0. The number of para-hydroxylation sites is 1. The number of sulfone groups is 1. The highest BCUT2D eigenvalue weighted by Gasteiger charge is 2.22. The number of aryl methyl sites for hydroxylation is 3. The number of ether oxygens (including phenoxy) is 1. The minimum atomic E-state index is -3.50. The lowest BCUT2D eigenvalue weighted by Gasteiger charge is -2.15. The first-order valence-corrected chi connectivity index (χ1v) is 11.4. The standard InChI is InChI=1S/C22H26N2O6S/c1-13-9-10-17(31(5,28)29)11-18(13)22(27)30-16(4)21(26)23-12-19(25)24-20-14(2)7-6-8-15(20)3/h6-11,16H,12H2,1-5H3,(H,23,26)(H,24,25). The first-order chi connectivity index (χ1) is 14.4. The van der Waals surface area contributed by atoms with Gasteiger partial charge in [0, 0.05) is 11.9 Å². The van der Waals surface area contributed by atoms with Gasteiger partial charge in [-0.3, -0.25) is 9.59 Å². The largest absolute Gasteiger partial charge is 0.449 e. The average Bonchev–Trinajstić information content (AvgIpc) is 2.68. The van der Waals surface area contributed by atoms with E-state index in [2.05, 4.69) is 10.6 Å². The summed E-state index contributed by atoms with van der Waals surface area (Å²) in [6, 6.07) is 9.72. The maximum Gasteiger partial charge on any atom is 0.339 e. The van der Waals surface area contributed by atoms with E-state index in [0.29, 0.717) is 11.3 Å². The van der Waals surface area contributed by atoms with E-state index in [4.69, 9.17) is 4.74 Å². The molecule has 8 nitrogen and oxygen atoms in total. The van der Waals surface area contributed by atoms with Crippen LogP contribution in [0, 0.1) is 20.8 Å². The number of carbonyl (C=O) groups excluding carboxylic acids is 3. The van der Waals surface area contributed by atoms with Crippen molar-refractivity contribution in [2.24, 2.45) is 0 Å². The maximum absolute atomic E-state index is 12.4. The second-order valence-electron chi connectivity index (χ2n) is 7.33. The second-order valence-corrected chi connectivity index (χ2v) is 9.34. The van der Waals surface area contributed by atoms with Crippen LogP contribution in [0.3, 0.4) is 0 Å². The van der Waals surface area contributed by atoms with Crippen LogP contribution in [0.15, 0.2) is 41.3 Å². The van der Waals surface area contributed by atoms with E-state index in [1.54, 1.807) is 6.92 Å². The molecule has 0 saturated heterocycles. The Hall–Kier alpha value is -3.20. The molecule has 2 N–H and O–H groups in total. The monoisotopic (exact) mass is 446 g/mol. The Labute approximate surface area is 181 Å². The molecule has 0 aliphatic heterocycles. The van der Waals surface area contributed by atoms with Crippen LogP contribution < -0.4 is 10.6 Å². The van der Waals surface area contributed by atoms with Gasteiger partial charge in [0.05, 0.1) is 17.0 Å². The van der Waals surface area contributed by atoms with Gasteiger partial charge in [-0.1, -0.05) is 24.3 Å². The number of amides is 2. The van der Waals surface area contributed by atoms with Crippen LogP contribution in [0.5, 0.6) is 0 Å². The molecule has 0 heterocycles. The number of benzene rings is 2. The van der Waals surface area contributed by atoms with Gasteiger partial charge in [-0.05, 0) is 56.5 Å². The lowest BCUT2D eigenvalue weighted by Crippen LogP contribution is -2.40. The molecule has 0 aromatic heterocycles. The molecule has 166 valence electrons. The van der Waals surface area contributed by atoms with Crippen molar-refractivity contribution in [2.45, 2.75) is 38.7 Å². The van der Waals surface area contributed by atoms with E-state index in [1.807, 2.05) is 32.0 Å². The minimum Gasteiger partial charge on any atom is -0.449 e. The molecular weight excluding hydrogens is 420 g/mol. The number of carbonyl (C=O) groups is 3. The molecule has 2 aromatic carbocycles. The summed E-state index contributed by atoms with van der Waals surface area (Å²) in [7, 11) is -3.50. The van der Waals surface area contributed by atoms with Crippen molar-refractivity contribution >= 4 is 33.3 Å². The smallest absolute Gasteiger partial charge is 0.339 e. The van der Waals surface area contributed by atoms with Gasteiger partial charge >= 0.3 is 5.97 Å². The summed E-state index contributed by atoms with van der Waals surface area (Å²) in [5.74, 6) is -1.89. The van der Waals surface area contributed by atoms with Crippen molar-refractivity contribution in [3.8, 4) is 0 Å². The molecule has 0 saturated carbocycles. The van der Waals surface area contributed by atoms with Gasteiger partial charge in [0.25, 0.3) is 5.91 Å². The molecule has 2 rings (SSSR count). The number of esters is 1. The van der Waals surface area contributed by atoms with Gasteiger partial charge < -0.3 is 15.4 Å². The van der Waals surface area contributed by atoms with Crippen molar-refractivity contribution in [2.75, 3.05) is 18.1 Å². The number of nitrogens with one attached hydrogen (secondary N) is 2. The highest BCUT2D eigenvalue weighted by molar-refractivity contribution is 7.90. The van der Waals surface area contributed by atoms with E-state index in [1.165, 1.54) is 25.1 Å². The molecule has 2 amide bonds. The maximum atomic E-state index is 12.4. The van der Waals surface area contributed by atoms with Crippen LogP contribution in [-0.2, 0) is 24.2 Å². The number of anilines is 1. The highest BCUT2D eigenvalue weighted by atomic mass is 32.2. The first kappa shape index (κ1) is 24.1. The third kappa shape index (κ3) is 6.39. The summed E-state index contributed by atoms with van der Waals surface area (Å²) in [6.07, 6.45) is -0.145. The van der Waals surface area contributed by atoms with E-state index < -0.39 is 33.7 Å². The first-order valence-electron chi connectivity index (χ1n) is 9.55. The van der Waals surface area contributed by atoms with Crippen LogP contribution >= 0.6 is 0 Å². The predicted molar refractivity (Wildman–Crippen MR) is 117 cm³/mol. The van der Waals surface area contributed by atoms with E-state index >= 15 is 0 Å². The molecule has 1 atom stereocenters. The van der Waals surface area contributed by atoms with Crippen molar-refractivity contribution < 1.29 is 27.5 Å². The summed E-state index contributed by atoms with van der Waals surface area (Å²) < 4.78 is 28.6. The Kier molecular flexibility index (Phi) is 7.56. The Bertz CT molecular complexity index is 1100. The SMILES string of the molecule is Cc1ccc(S(C)(=O)=O)cc1C(=O)OC(C)C(=O)NCC(=O)Nc1c(C)cccc1C. The van der Waals surface area contributed by atoms with Crippen LogP contribution in [0.4, 0.5) is 5.69 Å². The molecule has 2 aromatic rings. The highest BCUT2D eigenvalue weighted by Crippen LogP contribution is 2.19. The summed E-state index contributed by atoms with van der Waals surface area (Å²) in [4.78, 5) is 36.8. The molecule has 0 aliphatic rings. The molecule has 0 fully saturated rings. The molecule has 9 heteroatoms. The zero-order valence-corrected chi connectivity index (χ0v) is 18.9. The Morgan fingerprint density at radius 3 is 2.19 bits per heavy atom. The number of rotatable bonds is 7. The molecule has 31 heavy (non-hydrogen) atoms. The summed E-state index contributed by atoms with van der Waals surface area (Å²) in [5.41, 5.74) is 3.04. The zero-order chi connectivity index (χ0) is 23.3. The molecular formula is C22H26N2O6S. The van der Waals surface area contributed by atoms with Crippen LogP contribution in [-0.4, -0.2) is 45.1 Å². The van der Waals surface area contributed by atoms with Gasteiger partial charge in [-0.15, -0.1) is 0 Å². The topological polar surface area (TPSA) is 119 Å². The van der Waals surface area contributed by atoms with E-state index in [-0.39, 0.29) is 17.0 Å². The van der Waals surface area contributed by atoms with Crippen molar-refractivity contribution in [1.29, 1.82) is 0 Å². The number of hydrogen-bond acceptors (Lipinski definition) is 6. The van der Waals surface area contributed by atoms with E-state index in [0.717, 1.165) is 17.4 Å². The molecule has 1 unspecified atom stereocenters. The quantitative estimate of drug-likeness (QED) is 0.630. The average molecular weight is 447 g/mol. The predicted octanol–water partition coefficient (Wildman–Crippen LogP) is 2.32. The fourth-order valence-corrected chi connectivity index (χ4v) is 3.48. The van der Waals surface area contributed by atoms with Crippen molar-refractivity contribution in [3.63, 3.8) is 0 Å². The zero-order valence-electron chi connectivity index (χ0n) is 18.1. The van der Waals surface area contributed by atoms with Gasteiger partial charge in [0.1, 0.15) is 0 Å². The number of hydrogen-bond donors (Lipinski definition) is 2. The van der Waals surface area contributed by atoms with Gasteiger partial charge in [-0.25, -0.2) is 13.2 Å². The second kappa shape index (κ2) is 9.74. The third-order valence-corrected chi connectivity index (χ3v) is 5.79. The van der Waals surface area contributed by atoms with Crippen LogP contribution in [0.1, 0.15) is 34.0 Å². The lowest BCUT2D eigenvalue weighted by molar-refractivity contribution is -0.130. The Balaban J connectivity index is 1.97. The van der Waals surface area contributed by atoms with E-state index in [9.17, 15) is 22.8 Å². The third-order valence-electron chi connectivity index (χ3n) is 4.68. The van der Waals surface area contributed by atoms with Crippen LogP contribution in [0.25, 0.3) is 0 Å². The Morgan fingerprint density at radius 2 is 1.61 bits per heavy atom. The molecule has 0 aliphatic carbocycles. The fraction of sp³-hybridized carbons (Fsp3) is 0.318. The summed E-state index contributed by atoms with van der Waals surface area (Å²) >= 11 is 0. The molecule has 0 bridgehead atoms. The minimum absolute atomic E-state index is 0.0228. The molecule has 0 radical (unpaired) electrons. The van der Waals surface area contributed by atoms with Gasteiger partial charge in [0.15, 0.2) is 15.9 Å². The lowest BCUT2D eigenvalue weighted by atomic mass is 10.1. The summed E-state index contributed by atoms with van der Waals surface area (Å²) in [5, 5.41) is 5.17.